The Balaban J connectivity index is 2.69. The van der Waals surface area contributed by atoms with E-state index in [0.29, 0.717) is 0 Å². The van der Waals surface area contributed by atoms with Crippen molar-refractivity contribution in [2.24, 2.45) is 5.10 Å². The molecule has 3 nitrogen and oxygen atoms in total. The first-order valence-electron chi connectivity index (χ1n) is 3.56. The first kappa shape index (κ1) is 9.15. The molecule has 6 heteroatoms. The second kappa shape index (κ2) is 2.84. The number of nitrogens with zero attached hydrogens (tertiary/aromatic N) is 2. The van der Waals surface area contributed by atoms with Gasteiger partial charge in [0.2, 0.25) is 6.17 Å². The van der Waals surface area contributed by atoms with Crippen molar-refractivity contribution in [1.82, 2.24) is 10.3 Å². The van der Waals surface area contributed by atoms with Crippen LogP contribution in [-0.4, -0.2) is 29.6 Å². The molecule has 0 bridgehead atoms. The van der Waals surface area contributed by atoms with Crippen LogP contribution in [0, 0.1) is 0 Å². The molecule has 1 aliphatic rings. The third-order valence-corrected chi connectivity index (χ3v) is 1.59. The highest BCUT2D eigenvalue weighted by molar-refractivity contribution is 5.57. The summed E-state index contributed by atoms with van der Waals surface area (Å²) in [5.74, 6) is 0. The average Bonchev–Trinajstić information content (AvgIpc) is 2.30. The first-order chi connectivity index (χ1) is 5.43. The molecule has 1 N–H and O–H groups in total. The van der Waals surface area contributed by atoms with E-state index in [4.69, 9.17) is 0 Å². The SMILES string of the molecule is CC(C)N1C=NNC1C(F)(F)F. The highest BCUT2D eigenvalue weighted by Gasteiger charge is 2.45. The van der Waals surface area contributed by atoms with Crippen LogP contribution in [0.1, 0.15) is 13.8 Å². The van der Waals surface area contributed by atoms with Crippen LogP contribution in [0.25, 0.3) is 0 Å². The van der Waals surface area contributed by atoms with E-state index in [1.807, 2.05) is 5.43 Å². The maximum absolute atomic E-state index is 12.2. The summed E-state index contributed by atoms with van der Waals surface area (Å²) in [5, 5.41) is 3.36. The van der Waals surface area contributed by atoms with Gasteiger partial charge in [-0.2, -0.15) is 18.3 Å². The van der Waals surface area contributed by atoms with Crippen molar-refractivity contribution in [1.29, 1.82) is 0 Å². The minimum atomic E-state index is -4.28. The maximum atomic E-state index is 12.2. The Kier molecular flexibility index (Phi) is 2.16. The Morgan fingerprint density at radius 3 is 2.42 bits per heavy atom. The van der Waals surface area contributed by atoms with Crippen molar-refractivity contribution < 1.29 is 13.2 Å². The van der Waals surface area contributed by atoms with Crippen LogP contribution < -0.4 is 5.43 Å². The Morgan fingerprint density at radius 2 is 2.08 bits per heavy atom. The maximum Gasteiger partial charge on any atom is 0.428 e. The fourth-order valence-corrected chi connectivity index (χ4v) is 0.978. The van der Waals surface area contributed by atoms with Crippen LogP contribution in [0.2, 0.25) is 0 Å². The summed E-state index contributed by atoms with van der Waals surface area (Å²) < 4.78 is 36.6. The molecule has 0 amide bonds. The van der Waals surface area contributed by atoms with E-state index in [2.05, 4.69) is 5.10 Å². The zero-order valence-electron chi connectivity index (χ0n) is 6.76. The van der Waals surface area contributed by atoms with E-state index in [1.165, 1.54) is 6.34 Å². The zero-order chi connectivity index (χ0) is 9.35. The van der Waals surface area contributed by atoms with Gasteiger partial charge in [0.25, 0.3) is 0 Å². The summed E-state index contributed by atoms with van der Waals surface area (Å²) in [6.45, 7) is 3.36. The molecule has 70 valence electrons. The van der Waals surface area contributed by atoms with E-state index in [-0.39, 0.29) is 6.04 Å². The predicted molar refractivity (Wildman–Crippen MR) is 38.4 cm³/mol. The van der Waals surface area contributed by atoms with Crippen LogP contribution in [-0.2, 0) is 0 Å². The number of hydrogen-bond acceptors (Lipinski definition) is 3. The fourth-order valence-electron chi connectivity index (χ4n) is 0.978. The minimum absolute atomic E-state index is 0.213. The van der Waals surface area contributed by atoms with E-state index in [9.17, 15) is 13.2 Å². The van der Waals surface area contributed by atoms with Gasteiger partial charge in [-0.15, -0.1) is 0 Å². The summed E-state index contributed by atoms with van der Waals surface area (Å²) in [4.78, 5) is 1.12. The summed E-state index contributed by atoms with van der Waals surface area (Å²) >= 11 is 0. The van der Waals surface area contributed by atoms with Gasteiger partial charge >= 0.3 is 6.18 Å². The monoisotopic (exact) mass is 181 g/mol. The third-order valence-electron chi connectivity index (χ3n) is 1.59. The molecule has 0 radical (unpaired) electrons. The minimum Gasteiger partial charge on any atom is -0.330 e. The van der Waals surface area contributed by atoms with Crippen LogP contribution >= 0.6 is 0 Å². The number of alkyl halides is 3. The normalized spacial score (nSPS) is 23.5. The first-order valence-corrected chi connectivity index (χ1v) is 3.56. The van der Waals surface area contributed by atoms with Gasteiger partial charge in [0.15, 0.2) is 0 Å². The molecule has 12 heavy (non-hydrogen) atoms. The molecule has 0 aromatic heterocycles. The number of hydrogen-bond donors (Lipinski definition) is 1. The molecular weight excluding hydrogens is 171 g/mol. The highest BCUT2D eigenvalue weighted by Crippen LogP contribution is 2.25. The molecule has 1 unspecified atom stereocenters. The quantitative estimate of drug-likeness (QED) is 0.656. The molecule has 1 aliphatic heterocycles. The fraction of sp³-hybridized carbons (Fsp3) is 0.833. The van der Waals surface area contributed by atoms with Crippen LogP contribution in [0.5, 0.6) is 0 Å². The lowest BCUT2D eigenvalue weighted by molar-refractivity contribution is -0.180. The lowest BCUT2D eigenvalue weighted by atomic mass is 10.3. The molecule has 1 rings (SSSR count). The topological polar surface area (TPSA) is 27.6 Å². The summed E-state index contributed by atoms with van der Waals surface area (Å²) in [5.41, 5.74) is 2.00. The lowest BCUT2D eigenvalue weighted by Crippen LogP contribution is -2.50. The Hall–Kier alpha value is -0.940. The van der Waals surface area contributed by atoms with E-state index in [0.717, 1.165) is 4.90 Å². The van der Waals surface area contributed by atoms with Crippen molar-refractivity contribution in [3.8, 4) is 0 Å². The molecule has 0 saturated heterocycles. The summed E-state index contributed by atoms with van der Waals surface area (Å²) in [6, 6.07) is -0.213. The van der Waals surface area contributed by atoms with Crippen molar-refractivity contribution in [2.45, 2.75) is 32.2 Å². The van der Waals surface area contributed by atoms with E-state index in [1.54, 1.807) is 13.8 Å². The largest absolute Gasteiger partial charge is 0.428 e. The van der Waals surface area contributed by atoms with Gasteiger partial charge in [0.05, 0.1) is 0 Å². The predicted octanol–water partition coefficient (Wildman–Crippen LogP) is 1.13. The molecular formula is C6H10F3N3. The molecule has 0 aromatic carbocycles. The molecule has 0 saturated carbocycles. The Morgan fingerprint density at radius 1 is 1.50 bits per heavy atom. The van der Waals surface area contributed by atoms with E-state index >= 15 is 0 Å². The van der Waals surface area contributed by atoms with Crippen LogP contribution in [0.3, 0.4) is 0 Å². The van der Waals surface area contributed by atoms with Crippen molar-refractivity contribution >= 4 is 6.34 Å². The van der Waals surface area contributed by atoms with Gasteiger partial charge in [-0.05, 0) is 13.8 Å². The van der Waals surface area contributed by atoms with Crippen LogP contribution in [0.4, 0.5) is 13.2 Å². The second-order valence-electron chi connectivity index (χ2n) is 2.86. The van der Waals surface area contributed by atoms with Gasteiger partial charge < -0.3 is 4.90 Å². The molecule has 0 aliphatic carbocycles. The lowest BCUT2D eigenvalue weighted by Gasteiger charge is -2.28. The number of hydrazone groups is 1. The van der Waals surface area contributed by atoms with Gasteiger partial charge in [-0.25, -0.2) is 0 Å². The van der Waals surface area contributed by atoms with Crippen molar-refractivity contribution in [3.63, 3.8) is 0 Å². The highest BCUT2D eigenvalue weighted by atomic mass is 19.4. The number of nitrogens with one attached hydrogen (secondary N) is 1. The van der Waals surface area contributed by atoms with E-state index < -0.39 is 12.3 Å². The average molecular weight is 181 g/mol. The molecule has 0 spiro atoms. The second-order valence-corrected chi connectivity index (χ2v) is 2.86. The Bertz CT molecular complexity index is 187. The van der Waals surface area contributed by atoms with Crippen molar-refractivity contribution in [2.75, 3.05) is 0 Å². The molecule has 0 fully saturated rings. The number of rotatable bonds is 1. The van der Waals surface area contributed by atoms with Gasteiger partial charge in [-0.1, -0.05) is 0 Å². The Labute approximate surface area is 68.2 Å². The molecule has 0 aromatic rings. The molecule has 1 heterocycles. The number of halogens is 3. The standard InChI is InChI=1S/C6H10F3N3/c1-4(2)12-3-10-11-5(12)6(7,8)9/h3-5,11H,1-2H3. The van der Waals surface area contributed by atoms with Gasteiger partial charge in [0.1, 0.15) is 6.34 Å². The zero-order valence-corrected chi connectivity index (χ0v) is 6.76. The van der Waals surface area contributed by atoms with Crippen LogP contribution in [0.15, 0.2) is 5.10 Å². The molecule has 1 atom stereocenters. The van der Waals surface area contributed by atoms with Gasteiger partial charge in [0, 0.05) is 6.04 Å². The van der Waals surface area contributed by atoms with Gasteiger partial charge in [-0.3, -0.25) is 5.43 Å². The third kappa shape index (κ3) is 1.62. The summed E-state index contributed by atoms with van der Waals surface area (Å²) in [7, 11) is 0. The van der Waals surface area contributed by atoms with Crippen molar-refractivity contribution in [3.05, 3.63) is 0 Å². The summed E-state index contributed by atoms with van der Waals surface area (Å²) in [6.07, 6.45) is -4.78. The smallest absolute Gasteiger partial charge is 0.330 e.